The number of carbonyl (C=O) groups is 1. The van der Waals surface area contributed by atoms with Crippen LogP contribution in [0.1, 0.15) is 27.7 Å². The van der Waals surface area contributed by atoms with Gasteiger partial charge >= 0.3 is 5.97 Å². The summed E-state index contributed by atoms with van der Waals surface area (Å²) >= 11 is 0. The first-order chi connectivity index (χ1) is 7.94. The second-order valence-corrected chi connectivity index (χ2v) is 4.86. The molecule has 1 rings (SSSR count). The van der Waals surface area contributed by atoms with Gasteiger partial charge in [0.25, 0.3) is 0 Å². The van der Waals surface area contributed by atoms with Crippen LogP contribution in [0.2, 0.25) is 0 Å². The second kappa shape index (κ2) is 6.33. The van der Waals surface area contributed by atoms with Crippen molar-refractivity contribution in [1.29, 1.82) is 0 Å². The van der Waals surface area contributed by atoms with Gasteiger partial charge in [-0.25, -0.2) is 4.79 Å². The van der Waals surface area contributed by atoms with Crippen molar-refractivity contribution in [2.75, 3.05) is 26.3 Å². The summed E-state index contributed by atoms with van der Waals surface area (Å²) in [5.74, 6) is -0.324. The van der Waals surface area contributed by atoms with E-state index in [-0.39, 0.29) is 17.7 Å². The summed E-state index contributed by atoms with van der Waals surface area (Å²) in [6.45, 7) is 9.88. The lowest BCUT2D eigenvalue weighted by atomic mass is 10.1. The molecule has 0 aromatic rings. The van der Waals surface area contributed by atoms with Crippen molar-refractivity contribution in [1.82, 2.24) is 5.32 Å². The van der Waals surface area contributed by atoms with Crippen LogP contribution in [0.5, 0.6) is 0 Å². The number of nitrogens with one attached hydrogen (secondary N) is 1. The van der Waals surface area contributed by atoms with Gasteiger partial charge in [0.05, 0.1) is 24.9 Å². The summed E-state index contributed by atoms with van der Waals surface area (Å²) < 4.78 is 16.1. The first-order valence-electron chi connectivity index (χ1n) is 6.11. The number of hydrogen-bond donors (Lipinski definition) is 1. The average Bonchev–Trinajstić information content (AvgIpc) is 2.25. The fourth-order valence-corrected chi connectivity index (χ4v) is 1.74. The van der Waals surface area contributed by atoms with E-state index in [1.54, 1.807) is 13.8 Å². The summed E-state index contributed by atoms with van der Waals surface area (Å²) in [7, 11) is 0. The molecule has 0 aromatic carbocycles. The molecule has 0 aromatic heterocycles. The molecule has 1 heterocycles. The van der Waals surface area contributed by atoms with Gasteiger partial charge in [0.15, 0.2) is 6.10 Å². The minimum absolute atomic E-state index is 0.0179. The smallest absolute Gasteiger partial charge is 0.334 e. The van der Waals surface area contributed by atoms with Crippen molar-refractivity contribution < 1.29 is 19.0 Å². The highest BCUT2D eigenvalue weighted by Crippen LogP contribution is 2.15. The molecule has 1 aliphatic heterocycles. The van der Waals surface area contributed by atoms with Crippen LogP contribution in [0.25, 0.3) is 0 Å². The van der Waals surface area contributed by atoms with Crippen LogP contribution in [0.15, 0.2) is 0 Å². The van der Waals surface area contributed by atoms with Crippen LogP contribution in [0, 0.1) is 0 Å². The summed E-state index contributed by atoms with van der Waals surface area (Å²) in [5, 5.41) is 3.28. The predicted molar refractivity (Wildman–Crippen MR) is 63.9 cm³/mol. The molecule has 17 heavy (non-hydrogen) atoms. The van der Waals surface area contributed by atoms with E-state index < -0.39 is 6.10 Å². The van der Waals surface area contributed by atoms with Gasteiger partial charge in [-0.05, 0) is 27.7 Å². The average molecular weight is 245 g/mol. The Labute approximate surface area is 103 Å². The van der Waals surface area contributed by atoms with Crippen LogP contribution in [0.3, 0.4) is 0 Å². The van der Waals surface area contributed by atoms with E-state index in [2.05, 4.69) is 5.32 Å². The maximum absolute atomic E-state index is 11.3. The molecule has 1 saturated heterocycles. The molecule has 100 valence electrons. The molecule has 5 nitrogen and oxygen atoms in total. The first kappa shape index (κ1) is 14.4. The highest BCUT2D eigenvalue weighted by Gasteiger charge is 2.29. The van der Waals surface area contributed by atoms with E-state index >= 15 is 0 Å². The van der Waals surface area contributed by atoms with Crippen LogP contribution in [0.4, 0.5) is 0 Å². The number of ether oxygens (including phenoxy) is 3. The third-order valence-electron chi connectivity index (χ3n) is 2.56. The fourth-order valence-electron chi connectivity index (χ4n) is 1.74. The Balaban J connectivity index is 2.28. The Morgan fingerprint density at radius 2 is 2.29 bits per heavy atom. The van der Waals surface area contributed by atoms with Gasteiger partial charge in [0.1, 0.15) is 0 Å². The first-order valence-corrected chi connectivity index (χ1v) is 6.11. The van der Waals surface area contributed by atoms with Gasteiger partial charge in [0.2, 0.25) is 0 Å². The van der Waals surface area contributed by atoms with Crippen molar-refractivity contribution in [2.24, 2.45) is 0 Å². The Hall–Kier alpha value is -0.650. The van der Waals surface area contributed by atoms with Crippen LogP contribution in [-0.2, 0) is 19.0 Å². The standard InChI is InChI=1S/C12H23NO4/c1-5-15-11(14)9(2)16-7-10-6-13-8-12(3,4)17-10/h9-10,13H,5-8H2,1-4H3. The van der Waals surface area contributed by atoms with Crippen molar-refractivity contribution in [3.8, 4) is 0 Å². The monoisotopic (exact) mass is 245 g/mol. The highest BCUT2D eigenvalue weighted by molar-refractivity contribution is 5.74. The molecule has 1 N–H and O–H groups in total. The zero-order chi connectivity index (χ0) is 12.9. The van der Waals surface area contributed by atoms with Crippen molar-refractivity contribution in [2.45, 2.75) is 45.5 Å². The minimum Gasteiger partial charge on any atom is -0.464 e. The summed E-state index contributed by atoms with van der Waals surface area (Å²) in [6, 6.07) is 0. The Bertz CT molecular complexity index is 255. The second-order valence-electron chi connectivity index (χ2n) is 4.86. The maximum Gasteiger partial charge on any atom is 0.334 e. The Morgan fingerprint density at radius 3 is 2.88 bits per heavy atom. The zero-order valence-electron chi connectivity index (χ0n) is 11.1. The zero-order valence-corrected chi connectivity index (χ0v) is 11.1. The van der Waals surface area contributed by atoms with E-state index in [0.29, 0.717) is 13.2 Å². The largest absolute Gasteiger partial charge is 0.464 e. The van der Waals surface area contributed by atoms with Crippen LogP contribution < -0.4 is 5.32 Å². The van der Waals surface area contributed by atoms with E-state index in [1.165, 1.54) is 0 Å². The minimum atomic E-state index is -0.538. The van der Waals surface area contributed by atoms with Crippen molar-refractivity contribution in [3.05, 3.63) is 0 Å². The number of esters is 1. The molecular formula is C12H23NO4. The van der Waals surface area contributed by atoms with Crippen molar-refractivity contribution >= 4 is 5.97 Å². The molecule has 1 aliphatic rings. The highest BCUT2D eigenvalue weighted by atomic mass is 16.6. The normalized spacial score (nSPS) is 25.3. The van der Waals surface area contributed by atoms with E-state index in [0.717, 1.165) is 13.1 Å². The van der Waals surface area contributed by atoms with E-state index in [1.807, 2.05) is 13.8 Å². The molecule has 1 fully saturated rings. The summed E-state index contributed by atoms with van der Waals surface area (Å²) in [5.41, 5.74) is -0.181. The fraction of sp³-hybridized carbons (Fsp3) is 0.917. The van der Waals surface area contributed by atoms with Gasteiger partial charge in [0, 0.05) is 13.1 Å². The number of morpholine rings is 1. The summed E-state index contributed by atoms with van der Waals surface area (Å²) in [6.07, 6.45) is -0.556. The summed E-state index contributed by atoms with van der Waals surface area (Å²) in [4.78, 5) is 11.3. The third kappa shape index (κ3) is 5.02. The molecular weight excluding hydrogens is 222 g/mol. The number of carbonyl (C=O) groups excluding carboxylic acids is 1. The molecule has 0 amide bonds. The SMILES string of the molecule is CCOC(=O)C(C)OCC1CNCC(C)(C)O1. The lowest BCUT2D eigenvalue weighted by Crippen LogP contribution is -2.52. The van der Waals surface area contributed by atoms with Gasteiger partial charge in [-0.15, -0.1) is 0 Å². The maximum atomic E-state index is 11.3. The number of hydrogen-bond acceptors (Lipinski definition) is 5. The molecule has 2 unspecified atom stereocenters. The lowest BCUT2D eigenvalue weighted by Gasteiger charge is -2.36. The molecule has 2 atom stereocenters. The number of rotatable bonds is 5. The molecule has 5 heteroatoms. The molecule has 0 spiro atoms. The van der Waals surface area contributed by atoms with Crippen LogP contribution in [-0.4, -0.2) is 50.1 Å². The third-order valence-corrected chi connectivity index (χ3v) is 2.56. The quantitative estimate of drug-likeness (QED) is 0.723. The molecule has 0 saturated carbocycles. The predicted octanol–water partition coefficient (Wildman–Crippen LogP) is 0.722. The Kier molecular flexibility index (Phi) is 5.36. The van der Waals surface area contributed by atoms with Crippen molar-refractivity contribution in [3.63, 3.8) is 0 Å². The molecule has 0 radical (unpaired) electrons. The van der Waals surface area contributed by atoms with Gasteiger partial charge in [-0.3, -0.25) is 0 Å². The Morgan fingerprint density at radius 1 is 1.59 bits per heavy atom. The van der Waals surface area contributed by atoms with Gasteiger partial charge in [-0.2, -0.15) is 0 Å². The van der Waals surface area contributed by atoms with E-state index in [4.69, 9.17) is 14.2 Å². The lowest BCUT2D eigenvalue weighted by molar-refractivity contribution is -0.163. The topological polar surface area (TPSA) is 56.8 Å². The van der Waals surface area contributed by atoms with Gasteiger partial charge < -0.3 is 19.5 Å². The van der Waals surface area contributed by atoms with Gasteiger partial charge in [-0.1, -0.05) is 0 Å². The molecule has 0 aliphatic carbocycles. The molecule has 0 bridgehead atoms. The van der Waals surface area contributed by atoms with Crippen LogP contribution >= 0.6 is 0 Å². The van der Waals surface area contributed by atoms with E-state index in [9.17, 15) is 4.79 Å².